The van der Waals surface area contributed by atoms with E-state index < -0.39 is 0 Å². The van der Waals surface area contributed by atoms with Crippen molar-refractivity contribution in [1.29, 1.82) is 0 Å². The van der Waals surface area contributed by atoms with E-state index in [9.17, 15) is 0 Å². The third kappa shape index (κ3) is 1.92. The summed E-state index contributed by atoms with van der Waals surface area (Å²) in [7, 11) is 0. The van der Waals surface area contributed by atoms with Gasteiger partial charge in [-0.15, -0.1) is 0 Å². The molecule has 0 bridgehead atoms. The van der Waals surface area contributed by atoms with Crippen molar-refractivity contribution in [2.75, 3.05) is 5.73 Å². The smallest absolute Gasteiger partial charge is 0.183 e. The molecule has 18 heavy (non-hydrogen) atoms. The predicted octanol–water partition coefficient (Wildman–Crippen LogP) is 1.52. The Labute approximate surface area is 105 Å². The summed E-state index contributed by atoms with van der Waals surface area (Å²) in [5.41, 5.74) is 13.4. The summed E-state index contributed by atoms with van der Waals surface area (Å²) in [5.74, 6) is 1.71. The van der Waals surface area contributed by atoms with Crippen molar-refractivity contribution in [3.8, 4) is 0 Å². The van der Waals surface area contributed by atoms with Crippen molar-refractivity contribution in [1.82, 2.24) is 19.9 Å². The van der Waals surface area contributed by atoms with Gasteiger partial charge in [-0.25, -0.2) is 15.0 Å². The Bertz CT molecular complexity index is 542. The Morgan fingerprint density at radius 1 is 1.22 bits per heavy atom. The van der Waals surface area contributed by atoms with E-state index in [-0.39, 0.29) is 6.04 Å². The van der Waals surface area contributed by atoms with Gasteiger partial charge in [-0.05, 0) is 18.8 Å². The number of imidazole rings is 1. The molecule has 2 heterocycles. The second kappa shape index (κ2) is 4.53. The zero-order valence-corrected chi connectivity index (χ0v) is 10.3. The van der Waals surface area contributed by atoms with Gasteiger partial charge in [-0.1, -0.05) is 19.3 Å². The first kappa shape index (κ1) is 11.4. The highest BCUT2D eigenvalue weighted by molar-refractivity contribution is 5.81. The van der Waals surface area contributed by atoms with Crippen LogP contribution in [0.25, 0.3) is 11.2 Å². The van der Waals surface area contributed by atoms with Crippen LogP contribution in [-0.2, 0) is 0 Å². The normalized spacial score (nSPS) is 19.2. The van der Waals surface area contributed by atoms with Crippen LogP contribution in [0.4, 0.5) is 5.82 Å². The van der Waals surface area contributed by atoms with Gasteiger partial charge in [0.1, 0.15) is 17.7 Å². The Morgan fingerprint density at radius 3 is 2.72 bits per heavy atom. The number of aromatic amines is 1. The molecule has 1 unspecified atom stereocenters. The van der Waals surface area contributed by atoms with Crippen molar-refractivity contribution >= 4 is 17.0 Å². The molecule has 0 aliphatic heterocycles. The quantitative estimate of drug-likeness (QED) is 0.744. The van der Waals surface area contributed by atoms with Crippen molar-refractivity contribution in [3.63, 3.8) is 0 Å². The molecule has 0 amide bonds. The molecule has 1 aliphatic rings. The molecule has 6 nitrogen and oxygen atoms in total. The van der Waals surface area contributed by atoms with Gasteiger partial charge in [-0.2, -0.15) is 0 Å². The van der Waals surface area contributed by atoms with E-state index in [1.807, 2.05) is 0 Å². The molecule has 6 heteroatoms. The number of hydrogen-bond donors (Lipinski definition) is 3. The van der Waals surface area contributed by atoms with E-state index in [1.165, 1.54) is 38.4 Å². The highest BCUT2D eigenvalue weighted by Gasteiger charge is 2.24. The van der Waals surface area contributed by atoms with Crippen molar-refractivity contribution in [2.24, 2.45) is 11.7 Å². The molecule has 1 saturated carbocycles. The fraction of sp³-hybridized carbons (Fsp3) is 0.583. The third-order valence-corrected chi connectivity index (χ3v) is 3.81. The average molecular weight is 246 g/mol. The van der Waals surface area contributed by atoms with Gasteiger partial charge in [0.15, 0.2) is 11.5 Å². The number of nitrogens with zero attached hydrogens (tertiary/aromatic N) is 3. The maximum Gasteiger partial charge on any atom is 0.183 e. The van der Waals surface area contributed by atoms with Crippen LogP contribution in [0.3, 0.4) is 0 Å². The Kier molecular flexibility index (Phi) is 2.87. The molecule has 0 spiro atoms. The minimum Gasteiger partial charge on any atom is -0.382 e. The lowest BCUT2D eigenvalue weighted by Gasteiger charge is -2.25. The standard InChI is InChI=1S/C12H18N6/c13-8(7-4-2-1-3-5-7)11-17-9-10(14)15-6-16-12(9)18-11/h6-8H,1-5,13H2,(H3,14,15,16,17,18). The Hall–Kier alpha value is -1.69. The zero-order valence-electron chi connectivity index (χ0n) is 10.3. The molecule has 5 N–H and O–H groups in total. The van der Waals surface area contributed by atoms with Gasteiger partial charge in [0.25, 0.3) is 0 Å². The minimum atomic E-state index is -0.0566. The molecule has 0 saturated heterocycles. The van der Waals surface area contributed by atoms with Crippen LogP contribution in [0, 0.1) is 5.92 Å². The zero-order chi connectivity index (χ0) is 12.5. The highest BCUT2D eigenvalue weighted by atomic mass is 15.1. The summed E-state index contributed by atoms with van der Waals surface area (Å²) >= 11 is 0. The van der Waals surface area contributed by atoms with Gasteiger partial charge in [-0.3, -0.25) is 0 Å². The lowest BCUT2D eigenvalue weighted by atomic mass is 9.84. The summed E-state index contributed by atoms with van der Waals surface area (Å²) in [6, 6.07) is -0.0566. The second-order valence-electron chi connectivity index (χ2n) is 5.00. The number of hydrogen-bond acceptors (Lipinski definition) is 5. The summed E-state index contributed by atoms with van der Waals surface area (Å²) in [6.45, 7) is 0. The number of nitrogen functional groups attached to an aromatic ring is 1. The van der Waals surface area contributed by atoms with Crippen molar-refractivity contribution in [3.05, 3.63) is 12.2 Å². The van der Waals surface area contributed by atoms with Gasteiger partial charge in [0.2, 0.25) is 0 Å². The molecule has 96 valence electrons. The first-order valence-corrected chi connectivity index (χ1v) is 6.47. The highest BCUT2D eigenvalue weighted by Crippen LogP contribution is 2.32. The molecular weight excluding hydrogens is 228 g/mol. The summed E-state index contributed by atoms with van der Waals surface area (Å²) < 4.78 is 0. The van der Waals surface area contributed by atoms with Gasteiger partial charge >= 0.3 is 0 Å². The molecule has 1 aliphatic carbocycles. The van der Waals surface area contributed by atoms with Crippen LogP contribution < -0.4 is 11.5 Å². The summed E-state index contributed by atoms with van der Waals surface area (Å²) in [5, 5.41) is 0. The van der Waals surface area contributed by atoms with Crippen LogP contribution in [0.2, 0.25) is 0 Å². The van der Waals surface area contributed by atoms with Gasteiger partial charge in [0.05, 0.1) is 6.04 Å². The number of anilines is 1. The Morgan fingerprint density at radius 2 is 2.00 bits per heavy atom. The SMILES string of the molecule is Nc1ncnc2nc(C(N)C3CCCCC3)[nH]c12. The van der Waals surface area contributed by atoms with E-state index in [0.717, 1.165) is 5.82 Å². The monoisotopic (exact) mass is 246 g/mol. The maximum atomic E-state index is 6.30. The van der Waals surface area contributed by atoms with E-state index in [2.05, 4.69) is 19.9 Å². The van der Waals surface area contributed by atoms with E-state index >= 15 is 0 Å². The van der Waals surface area contributed by atoms with E-state index in [1.54, 1.807) is 0 Å². The number of fused-ring (bicyclic) bond motifs is 1. The topological polar surface area (TPSA) is 106 Å². The molecule has 3 rings (SSSR count). The van der Waals surface area contributed by atoms with Crippen LogP contribution >= 0.6 is 0 Å². The van der Waals surface area contributed by atoms with E-state index in [4.69, 9.17) is 11.5 Å². The number of aromatic nitrogens is 4. The van der Waals surface area contributed by atoms with Crippen LogP contribution in [0.5, 0.6) is 0 Å². The molecule has 0 aromatic carbocycles. The first-order chi connectivity index (χ1) is 8.75. The summed E-state index contributed by atoms with van der Waals surface area (Å²) in [6.07, 6.45) is 7.63. The van der Waals surface area contributed by atoms with Gasteiger partial charge in [0, 0.05) is 0 Å². The molecule has 0 radical (unpaired) electrons. The predicted molar refractivity (Wildman–Crippen MR) is 69.6 cm³/mol. The summed E-state index contributed by atoms with van der Waals surface area (Å²) in [4.78, 5) is 15.7. The molecule has 1 atom stereocenters. The van der Waals surface area contributed by atoms with Crippen LogP contribution in [0.15, 0.2) is 6.33 Å². The molecule has 1 fully saturated rings. The number of nitrogens with one attached hydrogen (secondary N) is 1. The lowest BCUT2D eigenvalue weighted by molar-refractivity contribution is 0.302. The molecule has 2 aromatic heterocycles. The first-order valence-electron chi connectivity index (χ1n) is 6.47. The van der Waals surface area contributed by atoms with Crippen LogP contribution in [0.1, 0.15) is 44.0 Å². The maximum absolute atomic E-state index is 6.30. The lowest BCUT2D eigenvalue weighted by Crippen LogP contribution is -2.24. The molecular formula is C12H18N6. The van der Waals surface area contributed by atoms with Gasteiger partial charge < -0.3 is 16.5 Å². The fourth-order valence-electron chi connectivity index (χ4n) is 2.74. The second-order valence-corrected chi connectivity index (χ2v) is 5.00. The third-order valence-electron chi connectivity index (χ3n) is 3.81. The van der Waals surface area contributed by atoms with Crippen LogP contribution in [-0.4, -0.2) is 19.9 Å². The molecule has 2 aromatic rings. The fourth-order valence-corrected chi connectivity index (χ4v) is 2.74. The largest absolute Gasteiger partial charge is 0.382 e. The average Bonchev–Trinajstić information content (AvgIpc) is 2.84. The number of H-pyrrole nitrogens is 1. The van der Waals surface area contributed by atoms with Crippen molar-refractivity contribution < 1.29 is 0 Å². The number of nitrogens with two attached hydrogens (primary N) is 2. The van der Waals surface area contributed by atoms with E-state index in [0.29, 0.717) is 22.9 Å². The van der Waals surface area contributed by atoms with Crippen molar-refractivity contribution in [2.45, 2.75) is 38.1 Å². The Balaban J connectivity index is 1.91. The minimum absolute atomic E-state index is 0.0566. The number of rotatable bonds is 2.